The van der Waals surface area contributed by atoms with Crippen molar-refractivity contribution < 1.29 is 0 Å². The number of aromatic nitrogens is 1. The fourth-order valence-corrected chi connectivity index (χ4v) is 2.92. The zero-order valence-corrected chi connectivity index (χ0v) is 10.5. The predicted octanol–water partition coefficient (Wildman–Crippen LogP) is 3.84. The van der Waals surface area contributed by atoms with Gasteiger partial charge in [0.05, 0.1) is 0 Å². The highest BCUT2D eigenvalue weighted by molar-refractivity contribution is 5.91. The summed E-state index contributed by atoms with van der Waals surface area (Å²) in [4.78, 5) is 4.56. The summed E-state index contributed by atoms with van der Waals surface area (Å²) in [7, 11) is 0. The molecule has 0 amide bonds. The predicted molar refractivity (Wildman–Crippen MR) is 74.6 cm³/mol. The van der Waals surface area contributed by atoms with Gasteiger partial charge in [0.1, 0.15) is 5.82 Å². The SMILES string of the molecule is c1ccc2c(NC(C3CC3)C3CC3)nccc2c1. The van der Waals surface area contributed by atoms with Crippen LogP contribution in [0.2, 0.25) is 0 Å². The molecule has 92 valence electrons. The van der Waals surface area contributed by atoms with Crippen molar-refractivity contribution in [1.82, 2.24) is 4.98 Å². The molecule has 0 radical (unpaired) electrons. The van der Waals surface area contributed by atoms with E-state index in [4.69, 9.17) is 0 Å². The molecule has 1 aromatic carbocycles. The molecule has 2 saturated carbocycles. The Morgan fingerprint density at radius 2 is 1.72 bits per heavy atom. The molecular formula is C16H18N2. The average molecular weight is 238 g/mol. The van der Waals surface area contributed by atoms with Crippen LogP contribution in [0.3, 0.4) is 0 Å². The Hall–Kier alpha value is -1.57. The van der Waals surface area contributed by atoms with Gasteiger partial charge in [-0.2, -0.15) is 0 Å². The number of rotatable bonds is 4. The molecule has 2 aliphatic carbocycles. The van der Waals surface area contributed by atoms with Gasteiger partial charge >= 0.3 is 0 Å². The van der Waals surface area contributed by atoms with E-state index in [0.29, 0.717) is 6.04 Å². The summed E-state index contributed by atoms with van der Waals surface area (Å²) in [6.07, 6.45) is 7.53. The average Bonchev–Trinajstić information content (AvgIpc) is 3.29. The van der Waals surface area contributed by atoms with Gasteiger partial charge in [-0.3, -0.25) is 0 Å². The van der Waals surface area contributed by atoms with E-state index in [-0.39, 0.29) is 0 Å². The Bertz CT molecular complexity index is 553. The second-order valence-electron chi connectivity index (χ2n) is 5.73. The van der Waals surface area contributed by atoms with Crippen molar-refractivity contribution in [3.63, 3.8) is 0 Å². The zero-order valence-electron chi connectivity index (χ0n) is 10.5. The number of nitrogens with zero attached hydrogens (tertiary/aromatic N) is 1. The quantitative estimate of drug-likeness (QED) is 0.875. The molecule has 1 aromatic heterocycles. The third kappa shape index (κ3) is 1.86. The van der Waals surface area contributed by atoms with E-state index in [1.165, 1.54) is 36.5 Å². The third-order valence-electron chi connectivity index (χ3n) is 4.24. The first-order valence-corrected chi connectivity index (χ1v) is 7.02. The van der Waals surface area contributed by atoms with Gasteiger partial charge in [-0.15, -0.1) is 0 Å². The Morgan fingerprint density at radius 3 is 2.44 bits per heavy atom. The van der Waals surface area contributed by atoms with Gasteiger partial charge in [-0.1, -0.05) is 24.3 Å². The van der Waals surface area contributed by atoms with Gasteiger partial charge < -0.3 is 5.32 Å². The van der Waals surface area contributed by atoms with Crippen molar-refractivity contribution in [1.29, 1.82) is 0 Å². The lowest BCUT2D eigenvalue weighted by Crippen LogP contribution is -2.24. The maximum Gasteiger partial charge on any atom is 0.134 e. The third-order valence-corrected chi connectivity index (χ3v) is 4.24. The van der Waals surface area contributed by atoms with E-state index >= 15 is 0 Å². The summed E-state index contributed by atoms with van der Waals surface area (Å²) in [5.41, 5.74) is 0. The summed E-state index contributed by atoms with van der Waals surface area (Å²) in [6.45, 7) is 0. The lowest BCUT2D eigenvalue weighted by Gasteiger charge is -2.19. The molecule has 0 atom stereocenters. The molecule has 0 unspecified atom stereocenters. The highest BCUT2D eigenvalue weighted by Crippen LogP contribution is 2.46. The summed E-state index contributed by atoms with van der Waals surface area (Å²) in [6, 6.07) is 11.3. The molecule has 0 bridgehead atoms. The minimum absolute atomic E-state index is 0.670. The zero-order chi connectivity index (χ0) is 11.9. The monoisotopic (exact) mass is 238 g/mol. The van der Waals surface area contributed by atoms with E-state index in [1.807, 2.05) is 6.20 Å². The smallest absolute Gasteiger partial charge is 0.134 e. The first kappa shape index (κ1) is 10.4. The van der Waals surface area contributed by atoms with Crippen molar-refractivity contribution in [3.8, 4) is 0 Å². The van der Waals surface area contributed by atoms with E-state index < -0.39 is 0 Å². The van der Waals surface area contributed by atoms with E-state index in [1.54, 1.807) is 0 Å². The molecule has 2 heteroatoms. The first-order valence-electron chi connectivity index (χ1n) is 7.02. The Morgan fingerprint density at radius 1 is 1.00 bits per heavy atom. The standard InChI is InChI=1S/C16H18N2/c1-2-4-14-11(3-1)9-10-17-16(14)18-15(12-5-6-12)13-7-8-13/h1-4,9-10,12-13,15H,5-8H2,(H,17,18). The van der Waals surface area contributed by atoms with Crippen LogP contribution in [-0.4, -0.2) is 11.0 Å². The molecule has 2 aliphatic rings. The molecule has 18 heavy (non-hydrogen) atoms. The van der Waals surface area contributed by atoms with Crippen LogP contribution < -0.4 is 5.32 Å². The van der Waals surface area contributed by atoms with Crippen LogP contribution >= 0.6 is 0 Å². The highest BCUT2D eigenvalue weighted by atomic mass is 15.0. The number of anilines is 1. The number of nitrogens with one attached hydrogen (secondary N) is 1. The topological polar surface area (TPSA) is 24.9 Å². The molecule has 2 nitrogen and oxygen atoms in total. The van der Waals surface area contributed by atoms with Crippen molar-refractivity contribution in [2.45, 2.75) is 31.7 Å². The molecule has 1 heterocycles. The van der Waals surface area contributed by atoms with Crippen molar-refractivity contribution in [3.05, 3.63) is 36.5 Å². The molecule has 1 N–H and O–H groups in total. The molecule has 2 aromatic rings. The minimum atomic E-state index is 0.670. The molecule has 0 aliphatic heterocycles. The maximum atomic E-state index is 4.56. The second-order valence-corrected chi connectivity index (χ2v) is 5.73. The van der Waals surface area contributed by atoms with E-state index in [9.17, 15) is 0 Å². The fraction of sp³-hybridized carbons (Fsp3) is 0.438. The van der Waals surface area contributed by atoms with Gasteiger partial charge in [-0.25, -0.2) is 4.98 Å². The van der Waals surface area contributed by atoms with Gasteiger partial charge in [0.2, 0.25) is 0 Å². The van der Waals surface area contributed by atoms with Crippen LogP contribution in [0.4, 0.5) is 5.82 Å². The summed E-state index contributed by atoms with van der Waals surface area (Å²) in [5.74, 6) is 2.88. The summed E-state index contributed by atoms with van der Waals surface area (Å²) >= 11 is 0. The van der Waals surface area contributed by atoms with Crippen LogP contribution in [0.15, 0.2) is 36.5 Å². The second kappa shape index (κ2) is 3.98. The Balaban J connectivity index is 1.68. The molecule has 0 saturated heterocycles. The number of hydrogen-bond acceptors (Lipinski definition) is 2. The largest absolute Gasteiger partial charge is 0.366 e. The summed E-state index contributed by atoms with van der Waals surface area (Å²) < 4.78 is 0. The van der Waals surface area contributed by atoms with Crippen LogP contribution in [0.25, 0.3) is 10.8 Å². The lowest BCUT2D eigenvalue weighted by molar-refractivity contribution is 0.566. The number of hydrogen-bond donors (Lipinski definition) is 1. The van der Waals surface area contributed by atoms with Crippen molar-refractivity contribution in [2.24, 2.45) is 11.8 Å². The molecular weight excluding hydrogens is 220 g/mol. The fourth-order valence-electron chi connectivity index (χ4n) is 2.92. The molecule has 2 fully saturated rings. The molecule has 0 spiro atoms. The summed E-state index contributed by atoms with van der Waals surface area (Å²) in [5, 5.41) is 6.27. The Kier molecular flexibility index (Phi) is 2.29. The van der Waals surface area contributed by atoms with Crippen LogP contribution in [-0.2, 0) is 0 Å². The van der Waals surface area contributed by atoms with Gasteiger partial charge in [0, 0.05) is 17.6 Å². The van der Waals surface area contributed by atoms with E-state index in [2.05, 4.69) is 40.6 Å². The van der Waals surface area contributed by atoms with Crippen LogP contribution in [0, 0.1) is 11.8 Å². The van der Waals surface area contributed by atoms with Crippen molar-refractivity contribution >= 4 is 16.6 Å². The van der Waals surface area contributed by atoms with Gasteiger partial charge in [0.25, 0.3) is 0 Å². The normalized spacial score (nSPS) is 19.4. The Labute approximate surface area is 107 Å². The minimum Gasteiger partial charge on any atom is -0.366 e. The molecule has 4 rings (SSSR count). The van der Waals surface area contributed by atoms with Crippen LogP contribution in [0.5, 0.6) is 0 Å². The lowest BCUT2D eigenvalue weighted by atomic mass is 10.1. The van der Waals surface area contributed by atoms with Crippen molar-refractivity contribution in [2.75, 3.05) is 5.32 Å². The number of benzene rings is 1. The van der Waals surface area contributed by atoms with E-state index in [0.717, 1.165) is 17.7 Å². The number of pyridine rings is 1. The van der Waals surface area contributed by atoms with Crippen LogP contribution in [0.1, 0.15) is 25.7 Å². The highest BCUT2D eigenvalue weighted by Gasteiger charge is 2.41. The van der Waals surface area contributed by atoms with Gasteiger partial charge in [0.15, 0.2) is 0 Å². The maximum absolute atomic E-state index is 4.56. The van der Waals surface area contributed by atoms with Gasteiger partial charge in [-0.05, 0) is 49.0 Å². The number of fused-ring (bicyclic) bond motifs is 1. The first-order chi connectivity index (χ1) is 8.92.